The van der Waals surface area contributed by atoms with Gasteiger partial charge in [0.25, 0.3) is 5.91 Å². The Bertz CT molecular complexity index is 1950. The van der Waals surface area contributed by atoms with Crippen LogP contribution in [0.4, 0.5) is 24.5 Å². The van der Waals surface area contributed by atoms with Crippen LogP contribution in [0.2, 0.25) is 0 Å². The molecule has 3 amide bonds. The highest BCUT2D eigenvalue weighted by Gasteiger charge is 2.45. The Labute approximate surface area is 332 Å². The molecule has 0 N–H and O–H groups in total. The first-order valence-electron chi connectivity index (χ1n) is 18.2. The Morgan fingerprint density at radius 2 is 1.49 bits per heavy atom. The number of aromatic nitrogens is 1. The second kappa shape index (κ2) is 17.8. The molecule has 0 bridgehead atoms. The maximum atomic E-state index is 14.8. The first-order chi connectivity index (χ1) is 26.4. The summed E-state index contributed by atoms with van der Waals surface area (Å²) in [6, 6.07) is 27.1. The largest absolute Gasteiger partial charge is 0.433 e. The van der Waals surface area contributed by atoms with E-state index in [0.717, 1.165) is 66.3 Å². The SMILES string of the molecule is CN(Cc1ccc(N2CCCCC2=O)cc1)C(=O)C(I)(Cc1ccccc1)N(Cc1ccc(N2CCOCC2)cc1)C(=O)C=Cc1ccc(C(F)(F)F)nc1. The average Bonchev–Trinajstić information content (AvgIpc) is 3.20. The quantitative estimate of drug-likeness (QED) is 0.0634. The number of hydrogen-bond acceptors (Lipinski definition) is 6. The van der Waals surface area contributed by atoms with Crippen molar-refractivity contribution in [3.63, 3.8) is 0 Å². The third-order valence-corrected chi connectivity index (χ3v) is 11.2. The van der Waals surface area contributed by atoms with Crippen LogP contribution >= 0.6 is 22.6 Å². The number of carbonyl (C=O) groups excluding carboxylic acids is 3. The predicted molar refractivity (Wildman–Crippen MR) is 214 cm³/mol. The summed E-state index contributed by atoms with van der Waals surface area (Å²) in [4.78, 5) is 52.4. The molecule has 0 spiro atoms. The molecule has 1 unspecified atom stereocenters. The van der Waals surface area contributed by atoms with Gasteiger partial charge in [0, 0.05) is 76.3 Å². The van der Waals surface area contributed by atoms with Crippen molar-refractivity contribution in [1.29, 1.82) is 0 Å². The summed E-state index contributed by atoms with van der Waals surface area (Å²) >= 11 is 2.09. The fourth-order valence-electron chi connectivity index (χ4n) is 6.77. The van der Waals surface area contributed by atoms with Crippen LogP contribution in [-0.2, 0) is 44.8 Å². The van der Waals surface area contributed by atoms with E-state index in [4.69, 9.17) is 4.74 Å². The number of carbonyl (C=O) groups is 3. The zero-order valence-electron chi connectivity index (χ0n) is 30.6. The van der Waals surface area contributed by atoms with Crippen molar-refractivity contribution in [3.8, 4) is 0 Å². The fraction of sp³-hybridized carbons (Fsp3) is 0.333. The van der Waals surface area contributed by atoms with Crippen LogP contribution in [0.5, 0.6) is 0 Å². The molecular formula is C42H43F3IN5O4. The summed E-state index contributed by atoms with van der Waals surface area (Å²) in [5.41, 5.74) is 3.60. The Hall–Kier alpha value is -4.76. The zero-order valence-corrected chi connectivity index (χ0v) is 32.7. The highest BCUT2D eigenvalue weighted by Crippen LogP contribution is 2.35. The van der Waals surface area contributed by atoms with E-state index in [2.05, 4.69) is 32.5 Å². The number of amides is 3. The normalized spacial score (nSPS) is 16.2. The Morgan fingerprint density at radius 3 is 2.11 bits per heavy atom. The van der Waals surface area contributed by atoms with E-state index < -0.39 is 21.3 Å². The molecule has 13 heteroatoms. The number of likely N-dealkylation sites (N-methyl/N-ethyl adjacent to an activating group) is 1. The second-order valence-electron chi connectivity index (χ2n) is 13.7. The lowest BCUT2D eigenvalue weighted by Crippen LogP contribution is -2.57. The number of benzene rings is 3. The van der Waals surface area contributed by atoms with Crippen molar-refractivity contribution < 1.29 is 32.3 Å². The lowest BCUT2D eigenvalue weighted by molar-refractivity contribution is -0.144. The molecule has 2 aliphatic rings. The minimum Gasteiger partial charge on any atom is -0.378 e. The summed E-state index contributed by atoms with van der Waals surface area (Å²) in [5.74, 6) is -0.707. The van der Waals surface area contributed by atoms with Gasteiger partial charge in [-0.05, 0) is 94.1 Å². The van der Waals surface area contributed by atoms with Gasteiger partial charge in [0.15, 0.2) is 3.55 Å². The molecule has 2 saturated heterocycles. The monoisotopic (exact) mass is 865 g/mol. The standard InChI is InChI=1S/C42H43F3IN5O4/c1-48(29-33-12-18-36(19-13-33)50-22-6-5-9-38(50)52)40(54)41(46,27-31-7-3-2-4-8-31)51(30-34-10-16-35(17-11-34)49-23-25-55-26-24-49)39(53)21-15-32-14-20-37(47-28-32)42(43,44)45/h2-4,7-8,10-21,28H,5-6,9,22-27,29-30H2,1H3. The molecule has 6 rings (SSSR count). The van der Waals surface area contributed by atoms with Gasteiger partial charge in [-0.1, -0.05) is 60.7 Å². The molecule has 2 aliphatic heterocycles. The minimum atomic E-state index is -4.59. The molecule has 3 heterocycles. The molecular weight excluding hydrogens is 822 g/mol. The van der Waals surface area contributed by atoms with E-state index in [1.165, 1.54) is 23.1 Å². The molecule has 4 aromatic rings. The number of anilines is 2. The molecule has 288 valence electrons. The summed E-state index contributed by atoms with van der Waals surface area (Å²) in [5, 5.41) is 0. The van der Waals surface area contributed by atoms with Crippen molar-refractivity contribution in [2.45, 2.75) is 48.5 Å². The molecule has 55 heavy (non-hydrogen) atoms. The molecule has 0 saturated carbocycles. The smallest absolute Gasteiger partial charge is 0.378 e. The minimum absolute atomic E-state index is 0.0751. The lowest BCUT2D eigenvalue weighted by atomic mass is 10.0. The Morgan fingerprint density at radius 1 is 0.836 bits per heavy atom. The van der Waals surface area contributed by atoms with Crippen LogP contribution < -0.4 is 9.80 Å². The number of hydrogen-bond donors (Lipinski definition) is 0. The van der Waals surface area contributed by atoms with Crippen LogP contribution in [0.15, 0.2) is 103 Å². The van der Waals surface area contributed by atoms with Gasteiger partial charge in [-0.25, -0.2) is 0 Å². The van der Waals surface area contributed by atoms with E-state index in [1.807, 2.05) is 78.9 Å². The maximum Gasteiger partial charge on any atom is 0.433 e. The van der Waals surface area contributed by atoms with Crippen molar-refractivity contribution in [3.05, 3.63) is 131 Å². The number of ether oxygens (including phenoxy) is 1. The fourth-order valence-corrected chi connectivity index (χ4v) is 8.03. The molecule has 3 aromatic carbocycles. The van der Waals surface area contributed by atoms with E-state index in [1.54, 1.807) is 16.8 Å². The van der Waals surface area contributed by atoms with E-state index in [-0.39, 0.29) is 31.3 Å². The van der Waals surface area contributed by atoms with E-state index in [0.29, 0.717) is 31.7 Å². The molecule has 9 nitrogen and oxygen atoms in total. The molecule has 2 fully saturated rings. The first kappa shape index (κ1) is 39.9. The van der Waals surface area contributed by atoms with Gasteiger partial charge in [-0.15, -0.1) is 0 Å². The predicted octanol–water partition coefficient (Wildman–Crippen LogP) is 7.53. The number of halogens is 4. The number of morpholine rings is 1. The van der Waals surface area contributed by atoms with Gasteiger partial charge in [-0.3, -0.25) is 19.4 Å². The van der Waals surface area contributed by atoms with Crippen LogP contribution in [0.25, 0.3) is 6.08 Å². The summed E-state index contributed by atoms with van der Waals surface area (Å²) in [6.45, 7) is 3.81. The third kappa shape index (κ3) is 10.1. The number of rotatable bonds is 12. The highest BCUT2D eigenvalue weighted by molar-refractivity contribution is 14.1. The molecule has 1 aromatic heterocycles. The molecule has 0 aliphatic carbocycles. The Balaban J connectivity index is 1.31. The van der Waals surface area contributed by atoms with Crippen LogP contribution in [0, 0.1) is 0 Å². The average molecular weight is 866 g/mol. The van der Waals surface area contributed by atoms with Gasteiger partial charge < -0.3 is 24.3 Å². The third-order valence-electron chi connectivity index (χ3n) is 9.79. The van der Waals surface area contributed by atoms with Crippen molar-refractivity contribution in [1.82, 2.24) is 14.8 Å². The zero-order chi connectivity index (χ0) is 39.0. The van der Waals surface area contributed by atoms with Crippen LogP contribution in [0.3, 0.4) is 0 Å². The number of alkyl halides is 4. The van der Waals surface area contributed by atoms with Gasteiger partial charge in [-0.2, -0.15) is 13.2 Å². The van der Waals surface area contributed by atoms with Gasteiger partial charge in [0.2, 0.25) is 11.8 Å². The van der Waals surface area contributed by atoms with Crippen molar-refractivity contribution >= 4 is 57.8 Å². The van der Waals surface area contributed by atoms with Crippen molar-refractivity contribution in [2.24, 2.45) is 0 Å². The van der Waals surface area contributed by atoms with Crippen molar-refractivity contribution in [2.75, 3.05) is 49.7 Å². The summed E-state index contributed by atoms with van der Waals surface area (Å²) in [6.07, 6.45) is 1.71. The number of nitrogens with zero attached hydrogens (tertiary/aromatic N) is 5. The van der Waals surface area contributed by atoms with Gasteiger partial charge in [0.05, 0.1) is 13.2 Å². The Kier molecular flexibility index (Phi) is 12.9. The number of piperidine rings is 1. The lowest BCUT2D eigenvalue weighted by Gasteiger charge is -2.40. The summed E-state index contributed by atoms with van der Waals surface area (Å²) in [7, 11) is 1.70. The summed E-state index contributed by atoms with van der Waals surface area (Å²) < 4.78 is 43.6. The second-order valence-corrected chi connectivity index (χ2v) is 15.5. The maximum absolute atomic E-state index is 14.8. The molecule has 0 radical (unpaired) electrons. The van der Waals surface area contributed by atoms with Crippen LogP contribution in [-0.4, -0.2) is 75.9 Å². The van der Waals surface area contributed by atoms with Gasteiger partial charge in [0.1, 0.15) is 5.69 Å². The molecule has 1 atom stereocenters. The number of pyridine rings is 1. The topological polar surface area (TPSA) is 86.3 Å². The van der Waals surface area contributed by atoms with E-state index >= 15 is 0 Å². The van der Waals surface area contributed by atoms with Gasteiger partial charge >= 0.3 is 6.18 Å². The van der Waals surface area contributed by atoms with Crippen LogP contribution in [0.1, 0.15) is 47.2 Å². The highest BCUT2D eigenvalue weighted by atomic mass is 127. The first-order valence-corrected chi connectivity index (χ1v) is 19.3. The van der Waals surface area contributed by atoms with E-state index in [9.17, 15) is 27.6 Å².